The van der Waals surface area contributed by atoms with Gasteiger partial charge < -0.3 is 5.32 Å². The number of anilines is 1. The molecule has 0 aromatic heterocycles. The lowest BCUT2D eigenvalue weighted by atomic mass is 10.1. The number of fused-ring (bicyclic) bond motifs is 1. The van der Waals surface area contributed by atoms with Crippen molar-refractivity contribution in [1.82, 2.24) is 10.4 Å². The van der Waals surface area contributed by atoms with Crippen LogP contribution in [0.2, 0.25) is 5.02 Å². The molecule has 0 radical (unpaired) electrons. The Morgan fingerprint density at radius 2 is 2.06 bits per heavy atom. The second-order valence-corrected chi connectivity index (χ2v) is 4.85. The highest BCUT2D eigenvalue weighted by Gasteiger charge is 2.29. The van der Waals surface area contributed by atoms with E-state index in [1.807, 2.05) is 19.9 Å². The molecule has 1 aromatic carbocycles. The molecule has 0 spiro atoms. The van der Waals surface area contributed by atoms with Crippen LogP contribution in [0.1, 0.15) is 24.2 Å². The molecule has 1 heterocycles. The van der Waals surface area contributed by atoms with Crippen LogP contribution in [0.3, 0.4) is 0 Å². The second kappa shape index (κ2) is 3.64. The number of rotatable bonds is 0. The van der Waals surface area contributed by atoms with Crippen molar-refractivity contribution in [1.29, 1.82) is 0 Å². The number of carbonyl (C=O) groups is 1. The van der Waals surface area contributed by atoms with Gasteiger partial charge in [-0.2, -0.15) is 0 Å². The van der Waals surface area contributed by atoms with Gasteiger partial charge >= 0.3 is 0 Å². The minimum atomic E-state index is -0.385. The van der Waals surface area contributed by atoms with Crippen molar-refractivity contribution in [3.63, 3.8) is 0 Å². The van der Waals surface area contributed by atoms with E-state index in [2.05, 4.69) is 10.7 Å². The summed E-state index contributed by atoms with van der Waals surface area (Å²) in [6.07, 6.45) is 0. The number of halogens is 1. The van der Waals surface area contributed by atoms with Crippen molar-refractivity contribution in [2.45, 2.75) is 19.5 Å². The fraction of sp³-hybridized carbons (Fsp3) is 0.364. The fourth-order valence-electron chi connectivity index (χ4n) is 1.82. The molecule has 0 saturated carbocycles. The molecule has 16 heavy (non-hydrogen) atoms. The van der Waals surface area contributed by atoms with Gasteiger partial charge in [-0.15, -0.1) is 0 Å². The van der Waals surface area contributed by atoms with Gasteiger partial charge in [0, 0.05) is 17.8 Å². The number of benzene rings is 1. The van der Waals surface area contributed by atoms with E-state index in [0.29, 0.717) is 10.6 Å². The van der Waals surface area contributed by atoms with Gasteiger partial charge in [-0.05, 0) is 32.0 Å². The SMILES string of the molecule is CN1NC(C)(C)Nc2ccc(Cl)cc2C1=O. The lowest BCUT2D eigenvalue weighted by Crippen LogP contribution is -2.53. The highest BCUT2D eigenvalue weighted by atomic mass is 35.5. The molecule has 0 atom stereocenters. The van der Waals surface area contributed by atoms with Gasteiger partial charge in [-0.3, -0.25) is 9.80 Å². The molecule has 2 rings (SSSR count). The first kappa shape index (κ1) is 11.2. The van der Waals surface area contributed by atoms with Gasteiger partial charge in [0.25, 0.3) is 5.91 Å². The Hall–Kier alpha value is -1.26. The van der Waals surface area contributed by atoms with Crippen molar-refractivity contribution >= 4 is 23.2 Å². The summed E-state index contributed by atoms with van der Waals surface area (Å²) in [5.41, 5.74) is 4.04. The Labute approximate surface area is 99.5 Å². The van der Waals surface area contributed by atoms with E-state index in [9.17, 15) is 4.79 Å². The van der Waals surface area contributed by atoms with Gasteiger partial charge in [0.05, 0.1) is 11.2 Å². The average Bonchev–Trinajstić information content (AvgIpc) is 2.25. The molecule has 0 fully saturated rings. The molecular weight excluding hydrogens is 226 g/mol. The Bertz CT molecular complexity index is 445. The van der Waals surface area contributed by atoms with E-state index in [1.54, 1.807) is 19.2 Å². The third-order valence-electron chi connectivity index (χ3n) is 2.41. The zero-order chi connectivity index (χ0) is 11.9. The first-order chi connectivity index (χ1) is 7.39. The fourth-order valence-corrected chi connectivity index (χ4v) is 1.99. The predicted molar refractivity (Wildman–Crippen MR) is 64.4 cm³/mol. The van der Waals surface area contributed by atoms with E-state index < -0.39 is 0 Å². The Morgan fingerprint density at radius 3 is 2.75 bits per heavy atom. The highest BCUT2D eigenvalue weighted by Crippen LogP contribution is 2.26. The maximum atomic E-state index is 12.0. The standard InChI is InChI=1S/C11H14ClN3O/c1-11(2)13-9-5-4-7(12)6-8(9)10(16)15(3)14-11/h4-6,13-14H,1-3H3. The van der Waals surface area contributed by atoms with E-state index in [1.165, 1.54) is 5.01 Å². The first-order valence-corrected chi connectivity index (χ1v) is 5.40. The predicted octanol–water partition coefficient (Wildman–Crippen LogP) is 2.08. The van der Waals surface area contributed by atoms with E-state index >= 15 is 0 Å². The summed E-state index contributed by atoms with van der Waals surface area (Å²) in [7, 11) is 1.70. The molecule has 0 aliphatic carbocycles. The zero-order valence-corrected chi connectivity index (χ0v) is 10.2. The van der Waals surface area contributed by atoms with E-state index in [4.69, 9.17) is 11.6 Å². The van der Waals surface area contributed by atoms with Crippen molar-refractivity contribution in [2.75, 3.05) is 12.4 Å². The Morgan fingerprint density at radius 1 is 1.38 bits per heavy atom. The molecule has 0 saturated heterocycles. The van der Waals surface area contributed by atoms with Crippen molar-refractivity contribution in [2.24, 2.45) is 0 Å². The molecular formula is C11H14ClN3O. The van der Waals surface area contributed by atoms with Gasteiger partial charge in [-0.25, -0.2) is 5.43 Å². The van der Waals surface area contributed by atoms with Gasteiger partial charge in [-0.1, -0.05) is 11.6 Å². The van der Waals surface area contributed by atoms with Crippen LogP contribution in [0.5, 0.6) is 0 Å². The van der Waals surface area contributed by atoms with Crippen LogP contribution >= 0.6 is 11.6 Å². The minimum Gasteiger partial charge on any atom is -0.366 e. The summed E-state index contributed by atoms with van der Waals surface area (Å²) in [6, 6.07) is 5.26. The molecule has 0 bridgehead atoms. The first-order valence-electron chi connectivity index (χ1n) is 5.03. The maximum Gasteiger partial charge on any atom is 0.269 e. The lowest BCUT2D eigenvalue weighted by Gasteiger charge is -2.29. The van der Waals surface area contributed by atoms with Crippen LogP contribution in [0, 0.1) is 0 Å². The molecule has 1 amide bonds. The van der Waals surface area contributed by atoms with Crippen LogP contribution in [0.15, 0.2) is 18.2 Å². The molecule has 5 heteroatoms. The van der Waals surface area contributed by atoms with Crippen LogP contribution in [0.4, 0.5) is 5.69 Å². The molecule has 1 aliphatic rings. The van der Waals surface area contributed by atoms with E-state index in [-0.39, 0.29) is 11.6 Å². The van der Waals surface area contributed by atoms with Gasteiger partial charge in [0.15, 0.2) is 0 Å². The van der Waals surface area contributed by atoms with E-state index in [0.717, 1.165) is 5.69 Å². The summed E-state index contributed by atoms with van der Waals surface area (Å²) in [6.45, 7) is 3.92. The normalized spacial score (nSPS) is 18.8. The number of nitrogens with zero attached hydrogens (tertiary/aromatic N) is 1. The largest absolute Gasteiger partial charge is 0.366 e. The van der Waals surface area contributed by atoms with Crippen LogP contribution in [-0.4, -0.2) is 23.6 Å². The topological polar surface area (TPSA) is 44.4 Å². The molecule has 2 N–H and O–H groups in total. The van der Waals surface area contributed by atoms with Crippen molar-refractivity contribution in [3.05, 3.63) is 28.8 Å². The summed E-state index contributed by atoms with van der Waals surface area (Å²) in [5, 5.41) is 5.28. The number of carbonyl (C=O) groups excluding carboxylic acids is 1. The smallest absolute Gasteiger partial charge is 0.269 e. The summed E-state index contributed by atoms with van der Waals surface area (Å²) < 4.78 is 0. The van der Waals surface area contributed by atoms with Crippen molar-refractivity contribution in [3.8, 4) is 0 Å². The quantitative estimate of drug-likeness (QED) is 0.729. The molecule has 4 nitrogen and oxygen atoms in total. The summed E-state index contributed by atoms with van der Waals surface area (Å²) >= 11 is 5.90. The van der Waals surface area contributed by atoms with Gasteiger partial charge in [0.1, 0.15) is 0 Å². The van der Waals surface area contributed by atoms with Crippen LogP contribution < -0.4 is 10.7 Å². The third-order valence-corrected chi connectivity index (χ3v) is 2.65. The average molecular weight is 240 g/mol. The molecule has 0 unspecified atom stereocenters. The number of amides is 1. The van der Waals surface area contributed by atoms with Crippen LogP contribution in [0.25, 0.3) is 0 Å². The van der Waals surface area contributed by atoms with Crippen molar-refractivity contribution < 1.29 is 4.79 Å². The summed E-state index contributed by atoms with van der Waals surface area (Å²) in [4.78, 5) is 12.0. The van der Waals surface area contributed by atoms with Crippen LogP contribution in [-0.2, 0) is 0 Å². The third kappa shape index (κ3) is 1.99. The Balaban J connectivity index is 2.54. The second-order valence-electron chi connectivity index (χ2n) is 4.42. The molecule has 1 aliphatic heterocycles. The number of hydrogen-bond donors (Lipinski definition) is 2. The lowest BCUT2D eigenvalue weighted by molar-refractivity contribution is 0.0663. The summed E-state index contributed by atoms with van der Waals surface area (Å²) in [5.74, 6) is -0.101. The molecule has 86 valence electrons. The number of hydrazine groups is 1. The Kier molecular flexibility index (Phi) is 2.56. The van der Waals surface area contributed by atoms with Gasteiger partial charge in [0.2, 0.25) is 0 Å². The number of hydrogen-bond acceptors (Lipinski definition) is 3. The monoisotopic (exact) mass is 239 g/mol. The minimum absolute atomic E-state index is 0.101. The maximum absolute atomic E-state index is 12.0. The zero-order valence-electron chi connectivity index (χ0n) is 9.47. The molecule has 1 aromatic rings. The highest BCUT2D eigenvalue weighted by molar-refractivity contribution is 6.31. The number of nitrogens with one attached hydrogen (secondary N) is 2.